The summed E-state index contributed by atoms with van der Waals surface area (Å²) < 4.78 is 5.49. The second-order valence-corrected chi connectivity index (χ2v) is 4.74. The van der Waals surface area contributed by atoms with Crippen LogP contribution in [-0.2, 0) is 4.79 Å². The van der Waals surface area contributed by atoms with Crippen molar-refractivity contribution >= 4 is 11.6 Å². The predicted molar refractivity (Wildman–Crippen MR) is 81.8 cm³/mol. The third-order valence-electron chi connectivity index (χ3n) is 3.04. The Bertz CT molecular complexity index is 570. The van der Waals surface area contributed by atoms with Crippen LogP contribution in [0.4, 0.5) is 5.69 Å². The number of benzene rings is 1. The topological polar surface area (TPSA) is 77.2 Å². The molecule has 0 fully saturated rings. The van der Waals surface area contributed by atoms with E-state index in [1.54, 1.807) is 36.7 Å². The van der Waals surface area contributed by atoms with E-state index in [9.17, 15) is 4.79 Å². The second kappa shape index (κ2) is 7.28. The summed E-state index contributed by atoms with van der Waals surface area (Å²) in [7, 11) is 0. The summed E-state index contributed by atoms with van der Waals surface area (Å²) in [5, 5.41) is 2.91. The third-order valence-corrected chi connectivity index (χ3v) is 3.04. The molecular formula is C16H19N3O2. The van der Waals surface area contributed by atoms with Gasteiger partial charge in [-0.1, -0.05) is 6.07 Å². The van der Waals surface area contributed by atoms with E-state index in [2.05, 4.69) is 10.3 Å². The van der Waals surface area contributed by atoms with Gasteiger partial charge in [0, 0.05) is 18.1 Å². The highest BCUT2D eigenvalue weighted by molar-refractivity contribution is 5.76. The summed E-state index contributed by atoms with van der Waals surface area (Å²) >= 11 is 0. The molecular weight excluding hydrogens is 266 g/mol. The maximum Gasteiger partial charge on any atom is 0.223 e. The molecule has 110 valence electrons. The molecule has 21 heavy (non-hydrogen) atoms. The first-order valence-corrected chi connectivity index (χ1v) is 6.83. The van der Waals surface area contributed by atoms with E-state index in [4.69, 9.17) is 10.5 Å². The van der Waals surface area contributed by atoms with Gasteiger partial charge in [0.1, 0.15) is 5.75 Å². The lowest BCUT2D eigenvalue weighted by molar-refractivity contribution is -0.122. The van der Waals surface area contributed by atoms with Crippen LogP contribution in [0.3, 0.4) is 0 Å². The molecule has 0 aliphatic heterocycles. The number of nitrogens with two attached hydrogens (primary N) is 1. The summed E-state index contributed by atoms with van der Waals surface area (Å²) in [5.74, 6) is 0.652. The zero-order valence-corrected chi connectivity index (χ0v) is 12.0. The summed E-state index contributed by atoms with van der Waals surface area (Å²) in [6.45, 7) is 2.26. The lowest BCUT2D eigenvalue weighted by Gasteiger charge is -2.14. The van der Waals surface area contributed by atoms with Crippen LogP contribution in [0.1, 0.15) is 24.9 Å². The molecule has 1 atom stereocenters. The minimum atomic E-state index is -0.0669. The van der Waals surface area contributed by atoms with Crippen molar-refractivity contribution in [1.82, 2.24) is 10.3 Å². The molecule has 0 saturated heterocycles. The number of nitrogen functional groups attached to an aromatic ring is 1. The maximum atomic E-state index is 11.8. The van der Waals surface area contributed by atoms with Crippen LogP contribution in [0, 0.1) is 0 Å². The van der Waals surface area contributed by atoms with Crippen molar-refractivity contribution in [2.24, 2.45) is 0 Å². The second-order valence-electron chi connectivity index (χ2n) is 4.74. The van der Waals surface area contributed by atoms with E-state index in [1.807, 2.05) is 19.1 Å². The number of carbonyl (C=O) groups excluding carboxylic acids is 1. The van der Waals surface area contributed by atoms with Gasteiger partial charge in [0.25, 0.3) is 0 Å². The summed E-state index contributed by atoms with van der Waals surface area (Å²) in [6.07, 6.45) is 3.75. The van der Waals surface area contributed by atoms with Gasteiger partial charge in [0.2, 0.25) is 5.91 Å². The molecule has 1 aromatic heterocycles. The average molecular weight is 285 g/mol. The molecule has 1 amide bonds. The van der Waals surface area contributed by atoms with Gasteiger partial charge in [-0.3, -0.25) is 9.78 Å². The number of nitrogens with zero attached hydrogens (tertiary/aromatic N) is 1. The van der Waals surface area contributed by atoms with Gasteiger partial charge in [-0.25, -0.2) is 0 Å². The summed E-state index contributed by atoms with van der Waals surface area (Å²) in [4.78, 5) is 15.9. The number of carbonyl (C=O) groups is 1. The van der Waals surface area contributed by atoms with Crippen LogP contribution in [0.25, 0.3) is 0 Å². The van der Waals surface area contributed by atoms with E-state index < -0.39 is 0 Å². The number of aromatic nitrogens is 1. The fraction of sp³-hybridized carbons (Fsp3) is 0.250. The third kappa shape index (κ3) is 4.80. The van der Waals surface area contributed by atoms with Gasteiger partial charge in [0.05, 0.1) is 19.1 Å². The number of rotatable bonds is 6. The smallest absolute Gasteiger partial charge is 0.223 e. The molecule has 1 heterocycles. The Morgan fingerprint density at radius 3 is 2.76 bits per heavy atom. The SMILES string of the molecule is CC(NC(=O)CCOc1ccc(N)cc1)c1cccnc1. The highest BCUT2D eigenvalue weighted by Crippen LogP contribution is 2.13. The molecule has 2 aromatic rings. The van der Waals surface area contributed by atoms with Crippen molar-refractivity contribution in [2.75, 3.05) is 12.3 Å². The average Bonchev–Trinajstić information content (AvgIpc) is 2.50. The molecule has 5 heteroatoms. The van der Waals surface area contributed by atoms with Crippen molar-refractivity contribution in [2.45, 2.75) is 19.4 Å². The molecule has 0 aliphatic rings. The predicted octanol–water partition coefficient (Wildman–Crippen LogP) is 2.31. The number of hydrogen-bond donors (Lipinski definition) is 2. The number of pyridine rings is 1. The quantitative estimate of drug-likeness (QED) is 0.798. The van der Waals surface area contributed by atoms with Crippen molar-refractivity contribution in [1.29, 1.82) is 0 Å². The van der Waals surface area contributed by atoms with Gasteiger partial charge < -0.3 is 15.8 Å². The monoisotopic (exact) mass is 285 g/mol. The van der Waals surface area contributed by atoms with Gasteiger partial charge in [-0.05, 0) is 42.8 Å². The Morgan fingerprint density at radius 1 is 1.33 bits per heavy atom. The number of amides is 1. The first-order valence-electron chi connectivity index (χ1n) is 6.83. The van der Waals surface area contributed by atoms with Crippen molar-refractivity contribution < 1.29 is 9.53 Å². The highest BCUT2D eigenvalue weighted by Gasteiger charge is 2.09. The first kappa shape index (κ1) is 14.8. The van der Waals surface area contributed by atoms with E-state index in [1.165, 1.54) is 0 Å². The Balaban J connectivity index is 1.73. The first-order chi connectivity index (χ1) is 10.1. The molecule has 0 aliphatic carbocycles. The van der Waals surface area contributed by atoms with E-state index >= 15 is 0 Å². The van der Waals surface area contributed by atoms with Crippen LogP contribution in [0.5, 0.6) is 5.75 Å². The lowest BCUT2D eigenvalue weighted by atomic mass is 10.1. The Hall–Kier alpha value is -2.56. The Kier molecular flexibility index (Phi) is 5.15. The number of anilines is 1. The molecule has 0 spiro atoms. The van der Waals surface area contributed by atoms with Crippen LogP contribution >= 0.6 is 0 Å². The number of hydrogen-bond acceptors (Lipinski definition) is 4. The molecule has 1 aromatic carbocycles. The summed E-state index contributed by atoms with van der Waals surface area (Å²) in [5.41, 5.74) is 7.25. The van der Waals surface area contributed by atoms with Crippen LogP contribution in [0.2, 0.25) is 0 Å². The van der Waals surface area contributed by atoms with Crippen molar-refractivity contribution in [3.63, 3.8) is 0 Å². The Morgan fingerprint density at radius 2 is 2.10 bits per heavy atom. The van der Waals surface area contributed by atoms with E-state index in [0.29, 0.717) is 24.5 Å². The van der Waals surface area contributed by atoms with Crippen LogP contribution < -0.4 is 15.8 Å². The minimum absolute atomic E-state index is 0.0539. The minimum Gasteiger partial charge on any atom is -0.493 e. The fourth-order valence-corrected chi connectivity index (χ4v) is 1.85. The summed E-state index contributed by atoms with van der Waals surface area (Å²) in [6, 6.07) is 10.8. The van der Waals surface area contributed by atoms with E-state index in [-0.39, 0.29) is 11.9 Å². The highest BCUT2D eigenvalue weighted by atomic mass is 16.5. The standard InChI is InChI=1S/C16H19N3O2/c1-12(13-3-2-9-18-11-13)19-16(20)8-10-21-15-6-4-14(17)5-7-15/h2-7,9,11-12H,8,10,17H2,1H3,(H,19,20). The molecule has 5 nitrogen and oxygen atoms in total. The zero-order chi connectivity index (χ0) is 15.1. The zero-order valence-electron chi connectivity index (χ0n) is 12.0. The van der Waals surface area contributed by atoms with Crippen molar-refractivity contribution in [3.8, 4) is 5.75 Å². The van der Waals surface area contributed by atoms with Gasteiger partial charge >= 0.3 is 0 Å². The number of nitrogens with one attached hydrogen (secondary N) is 1. The molecule has 0 bridgehead atoms. The number of ether oxygens (including phenoxy) is 1. The molecule has 2 rings (SSSR count). The van der Waals surface area contributed by atoms with Crippen LogP contribution in [0.15, 0.2) is 48.8 Å². The Labute approximate surface area is 124 Å². The molecule has 3 N–H and O–H groups in total. The molecule has 1 unspecified atom stereocenters. The fourth-order valence-electron chi connectivity index (χ4n) is 1.85. The molecule has 0 saturated carbocycles. The van der Waals surface area contributed by atoms with Gasteiger partial charge in [0.15, 0.2) is 0 Å². The maximum absolute atomic E-state index is 11.8. The molecule has 0 radical (unpaired) electrons. The van der Waals surface area contributed by atoms with Crippen LogP contribution in [-0.4, -0.2) is 17.5 Å². The van der Waals surface area contributed by atoms with Gasteiger partial charge in [-0.2, -0.15) is 0 Å². The van der Waals surface area contributed by atoms with E-state index in [0.717, 1.165) is 5.56 Å². The normalized spacial score (nSPS) is 11.7. The van der Waals surface area contributed by atoms with Crippen molar-refractivity contribution in [3.05, 3.63) is 54.4 Å². The van der Waals surface area contributed by atoms with Gasteiger partial charge in [-0.15, -0.1) is 0 Å². The lowest BCUT2D eigenvalue weighted by Crippen LogP contribution is -2.27. The largest absolute Gasteiger partial charge is 0.493 e.